The topological polar surface area (TPSA) is 78.4 Å². The number of hydrogen-bond donors (Lipinski definition) is 3. The van der Waals surface area contributed by atoms with Crippen molar-refractivity contribution in [3.8, 4) is 0 Å². The lowest BCUT2D eigenvalue weighted by Crippen LogP contribution is -2.58. The van der Waals surface area contributed by atoms with Gasteiger partial charge in [-0.25, -0.2) is 4.79 Å². The van der Waals surface area contributed by atoms with Crippen molar-refractivity contribution in [2.24, 2.45) is 17.8 Å². The number of carbonyl (C=O) groups is 2. The standard InChI is InChI=1S/C14H24N2O3/c1-9-4-3-5-14(6-9,13(18)19)16-12(17)11-8-15-7-10(11)2/h9-11,15H,3-8H2,1-2H3,(H,16,17)(H,18,19). The van der Waals surface area contributed by atoms with Crippen molar-refractivity contribution < 1.29 is 14.7 Å². The van der Waals surface area contributed by atoms with Gasteiger partial charge in [0.2, 0.25) is 5.91 Å². The molecular formula is C14H24N2O3. The van der Waals surface area contributed by atoms with E-state index in [2.05, 4.69) is 17.6 Å². The van der Waals surface area contributed by atoms with Crippen molar-refractivity contribution in [3.05, 3.63) is 0 Å². The third-order valence-corrected chi connectivity index (χ3v) is 4.62. The van der Waals surface area contributed by atoms with E-state index in [0.29, 0.717) is 25.3 Å². The molecule has 0 bridgehead atoms. The van der Waals surface area contributed by atoms with Crippen LogP contribution in [-0.2, 0) is 9.59 Å². The van der Waals surface area contributed by atoms with Gasteiger partial charge in [0, 0.05) is 6.54 Å². The Kier molecular flexibility index (Phi) is 4.13. The molecule has 5 heteroatoms. The molecule has 0 aromatic heterocycles. The van der Waals surface area contributed by atoms with Gasteiger partial charge in [-0.3, -0.25) is 4.79 Å². The zero-order chi connectivity index (χ0) is 14.0. The molecule has 2 rings (SSSR count). The fourth-order valence-corrected chi connectivity index (χ4v) is 3.40. The number of carboxylic acids is 1. The van der Waals surface area contributed by atoms with Gasteiger partial charge in [-0.1, -0.05) is 26.7 Å². The summed E-state index contributed by atoms with van der Waals surface area (Å²) in [6.07, 6.45) is 3.01. The Morgan fingerprint density at radius 2 is 2.05 bits per heavy atom. The van der Waals surface area contributed by atoms with Crippen LogP contribution in [0.3, 0.4) is 0 Å². The van der Waals surface area contributed by atoms with E-state index in [0.717, 1.165) is 19.4 Å². The second-order valence-corrected chi connectivity index (χ2v) is 6.32. The average molecular weight is 268 g/mol. The van der Waals surface area contributed by atoms with Crippen LogP contribution < -0.4 is 10.6 Å². The predicted molar refractivity (Wildman–Crippen MR) is 71.7 cm³/mol. The molecule has 3 N–H and O–H groups in total. The van der Waals surface area contributed by atoms with Crippen molar-refractivity contribution in [2.75, 3.05) is 13.1 Å². The highest BCUT2D eigenvalue weighted by atomic mass is 16.4. The van der Waals surface area contributed by atoms with Gasteiger partial charge >= 0.3 is 5.97 Å². The molecule has 0 spiro atoms. The minimum Gasteiger partial charge on any atom is -0.480 e. The van der Waals surface area contributed by atoms with Crippen LogP contribution in [0.15, 0.2) is 0 Å². The molecule has 1 aliphatic heterocycles. The summed E-state index contributed by atoms with van der Waals surface area (Å²) in [6.45, 7) is 5.57. The zero-order valence-electron chi connectivity index (χ0n) is 11.7. The maximum atomic E-state index is 12.3. The van der Waals surface area contributed by atoms with Crippen LogP contribution in [0.5, 0.6) is 0 Å². The van der Waals surface area contributed by atoms with E-state index in [9.17, 15) is 14.7 Å². The number of hydrogen-bond acceptors (Lipinski definition) is 3. The van der Waals surface area contributed by atoms with Crippen LogP contribution in [0, 0.1) is 17.8 Å². The molecule has 4 atom stereocenters. The molecule has 1 saturated heterocycles. The predicted octanol–water partition coefficient (Wildman–Crippen LogP) is 0.992. The van der Waals surface area contributed by atoms with Crippen LogP contribution in [-0.4, -0.2) is 35.6 Å². The Bertz CT molecular complexity index is 372. The summed E-state index contributed by atoms with van der Waals surface area (Å²) in [5, 5.41) is 15.6. The largest absolute Gasteiger partial charge is 0.480 e. The number of nitrogens with one attached hydrogen (secondary N) is 2. The molecule has 2 fully saturated rings. The van der Waals surface area contributed by atoms with E-state index in [4.69, 9.17) is 0 Å². The normalized spacial score (nSPS) is 38.9. The zero-order valence-corrected chi connectivity index (χ0v) is 11.7. The molecule has 19 heavy (non-hydrogen) atoms. The molecule has 1 aliphatic carbocycles. The van der Waals surface area contributed by atoms with Crippen LogP contribution in [0.2, 0.25) is 0 Å². The van der Waals surface area contributed by atoms with Crippen LogP contribution in [0.4, 0.5) is 0 Å². The minimum atomic E-state index is -1.04. The quantitative estimate of drug-likeness (QED) is 0.713. The SMILES string of the molecule is CC1CCCC(NC(=O)C2CNCC2C)(C(=O)O)C1. The summed E-state index contributed by atoms with van der Waals surface area (Å²) in [7, 11) is 0. The van der Waals surface area contributed by atoms with Gasteiger partial charge in [-0.05, 0) is 31.2 Å². The van der Waals surface area contributed by atoms with E-state index in [-0.39, 0.29) is 17.7 Å². The first-order valence-electron chi connectivity index (χ1n) is 7.21. The van der Waals surface area contributed by atoms with Crippen LogP contribution in [0.25, 0.3) is 0 Å². The van der Waals surface area contributed by atoms with Gasteiger partial charge in [-0.2, -0.15) is 0 Å². The molecule has 108 valence electrons. The first kappa shape index (κ1) is 14.3. The smallest absolute Gasteiger partial charge is 0.329 e. The van der Waals surface area contributed by atoms with E-state index < -0.39 is 11.5 Å². The number of aliphatic carboxylic acids is 1. The maximum Gasteiger partial charge on any atom is 0.329 e. The monoisotopic (exact) mass is 268 g/mol. The van der Waals surface area contributed by atoms with Crippen molar-refractivity contribution in [1.29, 1.82) is 0 Å². The summed E-state index contributed by atoms with van der Waals surface area (Å²) in [5.74, 6) is -0.468. The Balaban J connectivity index is 2.08. The van der Waals surface area contributed by atoms with Crippen molar-refractivity contribution in [3.63, 3.8) is 0 Å². The second-order valence-electron chi connectivity index (χ2n) is 6.32. The average Bonchev–Trinajstić information content (AvgIpc) is 2.75. The van der Waals surface area contributed by atoms with Gasteiger partial charge in [0.25, 0.3) is 0 Å². The van der Waals surface area contributed by atoms with Gasteiger partial charge in [0.05, 0.1) is 5.92 Å². The molecule has 0 aromatic carbocycles. The van der Waals surface area contributed by atoms with Gasteiger partial charge < -0.3 is 15.7 Å². The van der Waals surface area contributed by atoms with Crippen molar-refractivity contribution in [1.82, 2.24) is 10.6 Å². The fraction of sp³-hybridized carbons (Fsp3) is 0.857. The number of rotatable bonds is 3. The Morgan fingerprint density at radius 1 is 1.32 bits per heavy atom. The van der Waals surface area contributed by atoms with Gasteiger partial charge in [0.1, 0.15) is 5.54 Å². The first-order chi connectivity index (χ1) is 8.94. The third-order valence-electron chi connectivity index (χ3n) is 4.62. The highest BCUT2D eigenvalue weighted by molar-refractivity contribution is 5.88. The van der Waals surface area contributed by atoms with Crippen LogP contribution >= 0.6 is 0 Å². The summed E-state index contributed by atoms with van der Waals surface area (Å²) < 4.78 is 0. The second kappa shape index (κ2) is 5.49. The molecule has 0 aromatic rings. The number of carboxylic acid groups (broad SMARTS) is 1. The first-order valence-corrected chi connectivity index (χ1v) is 7.21. The van der Waals surface area contributed by atoms with E-state index in [1.54, 1.807) is 0 Å². The minimum absolute atomic E-state index is 0.103. The fourth-order valence-electron chi connectivity index (χ4n) is 3.40. The van der Waals surface area contributed by atoms with Gasteiger partial charge in [0.15, 0.2) is 0 Å². The molecule has 2 aliphatic rings. The summed E-state index contributed by atoms with van der Waals surface area (Å²) in [4.78, 5) is 23.9. The summed E-state index contributed by atoms with van der Waals surface area (Å²) >= 11 is 0. The highest BCUT2D eigenvalue weighted by Gasteiger charge is 2.45. The van der Waals surface area contributed by atoms with E-state index in [1.165, 1.54) is 0 Å². The maximum absolute atomic E-state index is 12.3. The van der Waals surface area contributed by atoms with E-state index in [1.807, 2.05) is 6.92 Å². The molecular weight excluding hydrogens is 244 g/mol. The Hall–Kier alpha value is -1.10. The third kappa shape index (κ3) is 2.91. The molecule has 1 saturated carbocycles. The lowest BCUT2D eigenvalue weighted by atomic mass is 9.76. The van der Waals surface area contributed by atoms with E-state index >= 15 is 0 Å². The number of carbonyl (C=O) groups excluding carboxylic acids is 1. The van der Waals surface area contributed by atoms with Gasteiger partial charge in [-0.15, -0.1) is 0 Å². The Morgan fingerprint density at radius 3 is 2.58 bits per heavy atom. The van der Waals surface area contributed by atoms with Crippen molar-refractivity contribution >= 4 is 11.9 Å². The molecule has 5 nitrogen and oxygen atoms in total. The molecule has 0 radical (unpaired) electrons. The molecule has 4 unspecified atom stereocenters. The lowest BCUT2D eigenvalue weighted by molar-refractivity contribution is -0.150. The summed E-state index contributed by atoms with van der Waals surface area (Å²) in [6, 6.07) is 0. The number of amides is 1. The lowest BCUT2D eigenvalue weighted by Gasteiger charge is -2.38. The van der Waals surface area contributed by atoms with Crippen molar-refractivity contribution in [2.45, 2.75) is 45.1 Å². The molecule has 1 amide bonds. The molecule has 1 heterocycles. The van der Waals surface area contributed by atoms with Crippen LogP contribution in [0.1, 0.15) is 39.5 Å². The Labute approximate surface area is 114 Å². The summed E-state index contributed by atoms with van der Waals surface area (Å²) in [5.41, 5.74) is -1.04. The highest BCUT2D eigenvalue weighted by Crippen LogP contribution is 2.33.